The lowest BCUT2D eigenvalue weighted by molar-refractivity contribution is -0.132. The van der Waals surface area contributed by atoms with E-state index in [4.69, 9.17) is 0 Å². The quantitative estimate of drug-likeness (QED) is 0.869. The van der Waals surface area contributed by atoms with Gasteiger partial charge in [0.15, 0.2) is 0 Å². The lowest BCUT2D eigenvalue weighted by Crippen LogP contribution is -2.39. The topological polar surface area (TPSA) is 57.6 Å². The molecule has 1 saturated carbocycles. The van der Waals surface area contributed by atoms with Gasteiger partial charge in [0.2, 0.25) is 5.91 Å². The van der Waals surface area contributed by atoms with Gasteiger partial charge in [0.1, 0.15) is 0 Å². The molecule has 1 aromatic carbocycles. The molecule has 0 aromatic heterocycles. The van der Waals surface area contributed by atoms with Gasteiger partial charge in [0.25, 0.3) is 0 Å². The van der Waals surface area contributed by atoms with E-state index in [2.05, 4.69) is 6.92 Å². The molecule has 0 heterocycles. The smallest absolute Gasteiger partial charge is 0.335 e. The number of carboxylic acids is 1. The van der Waals surface area contributed by atoms with Gasteiger partial charge < -0.3 is 10.0 Å². The highest BCUT2D eigenvalue weighted by Gasteiger charge is 2.25. The summed E-state index contributed by atoms with van der Waals surface area (Å²) in [5.41, 5.74) is 1.03. The lowest BCUT2D eigenvalue weighted by Gasteiger charge is -2.34. The maximum absolute atomic E-state index is 12.4. The van der Waals surface area contributed by atoms with Gasteiger partial charge in [-0.05, 0) is 49.7 Å². The molecule has 4 heteroatoms. The molecule has 1 aromatic rings. The van der Waals surface area contributed by atoms with E-state index >= 15 is 0 Å². The highest BCUT2D eigenvalue weighted by Crippen LogP contribution is 2.29. The number of amides is 1. The summed E-state index contributed by atoms with van der Waals surface area (Å²) in [5, 5.41) is 9.20. The van der Waals surface area contributed by atoms with Crippen molar-refractivity contribution in [1.82, 2.24) is 4.90 Å². The standard InChI is InChI=1S/C19H27NO3/c1-3-14-8-11-16(12-9-14)20(2)18(21)13-10-15-6-4-5-7-17(15)19(22)23/h4-7,14,16H,3,8-13H2,1-2H3,(H,22,23). The van der Waals surface area contributed by atoms with Crippen molar-refractivity contribution in [3.63, 3.8) is 0 Å². The van der Waals surface area contributed by atoms with Crippen LogP contribution in [0, 0.1) is 5.92 Å². The second-order valence-electron chi connectivity index (χ2n) is 6.55. The van der Waals surface area contributed by atoms with Crippen molar-refractivity contribution in [1.29, 1.82) is 0 Å². The fraction of sp³-hybridized carbons (Fsp3) is 0.579. The number of rotatable bonds is 6. The van der Waals surface area contributed by atoms with Crippen molar-refractivity contribution in [2.24, 2.45) is 5.92 Å². The molecular weight excluding hydrogens is 290 g/mol. The zero-order chi connectivity index (χ0) is 16.8. The summed E-state index contributed by atoms with van der Waals surface area (Å²) in [6.07, 6.45) is 6.68. The van der Waals surface area contributed by atoms with Gasteiger partial charge in [-0.1, -0.05) is 31.5 Å². The summed E-state index contributed by atoms with van der Waals surface area (Å²) in [6.45, 7) is 2.24. The van der Waals surface area contributed by atoms with E-state index in [0.717, 1.165) is 24.3 Å². The second-order valence-corrected chi connectivity index (χ2v) is 6.55. The molecule has 1 aliphatic carbocycles. The molecule has 0 spiro atoms. The first-order valence-corrected chi connectivity index (χ1v) is 8.59. The van der Waals surface area contributed by atoms with E-state index < -0.39 is 5.97 Å². The number of carbonyl (C=O) groups is 2. The molecule has 4 nitrogen and oxygen atoms in total. The van der Waals surface area contributed by atoms with Crippen LogP contribution in [0.4, 0.5) is 0 Å². The molecule has 2 rings (SSSR count). The van der Waals surface area contributed by atoms with Crippen LogP contribution in [-0.2, 0) is 11.2 Å². The molecule has 0 aliphatic heterocycles. The van der Waals surface area contributed by atoms with E-state index in [-0.39, 0.29) is 5.91 Å². The Hall–Kier alpha value is -1.84. The second kappa shape index (κ2) is 8.14. The van der Waals surface area contributed by atoms with Crippen molar-refractivity contribution in [3.8, 4) is 0 Å². The molecule has 1 fully saturated rings. The van der Waals surface area contributed by atoms with Crippen LogP contribution in [0.2, 0.25) is 0 Å². The van der Waals surface area contributed by atoms with E-state index in [1.807, 2.05) is 18.0 Å². The highest BCUT2D eigenvalue weighted by atomic mass is 16.4. The van der Waals surface area contributed by atoms with Crippen molar-refractivity contribution in [2.45, 2.75) is 57.9 Å². The number of aromatic carboxylic acids is 1. The van der Waals surface area contributed by atoms with Crippen molar-refractivity contribution >= 4 is 11.9 Å². The summed E-state index contributed by atoms with van der Waals surface area (Å²) in [5.74, 6) is 0.00151. The molecule has 23 heavy (non-hydrogen) atoms. The summed E-state index contributed by atoms with van der Waals surface area (Å²) in [6, 6.07) is 7.27. The van der Waals surface area contributed by atoms with Gasteiger partial charge in [-0.15, -0.1) is 0 Å². The lowest BCUT2D eigenvalue weighted by atomic mass is 9.84. The normalized spacial score (nSPS) is 21.0. The summed E-state index contributed by atoms with van der Waals surface area (Å²) < 4.78 is 0. The molecule has 1 aliphatic rings. The Morgan fingerprint density at radius 2 is 1.83 bits per heavy atom. The average molecular weight is 317 g/mol. The predicted molar refractivity (Wildman–Crippen MR) is 90.5 cm³/mol. The third-order valence-corrected chi connectivity index (χ3v) is 5.19. The Kier molecular flexibility index (Phi) is 6.20. The van der Waals surface area contributed by atoms with Crippen LogP contribution >= 0.6 is 0 Å². The Morgan fingerprint density at radius 1 is 1.17 bits per heavy atom. The minimum absolute atomic E-state index is 0.116. The van der Waals surface area contributed by atoms with E-state index in [1.54, 1.807) is 18.2 Å². The van der Waals surface area contributed by atoms with Gasteiger partial charge in [-0.3, -0.25) is 4.79 Å². The first kappa shape index (κ1) is 17.5. The Balaban J connectivity index is 1.89. The first-order chi connectivity index (χ1) is 11.0. The van der Waals surface area contributed by atoms with E-state index in [1.165, 1.54) is 19.3 Å². The fourth-order valence-electron chi connectivity index (χ4n) is 3.51. The molecule has 0 unspecified atom stereocenters. The largest absolute Gasteiger partial charge is 0.478 e. The van der Waals surface area contributed by atoms with Gasteiger partial charge in [0.05, 0.1) is 5.56 Å². The van der Waals surface area contributed by atoms with Crippen LogP contribution in [0.1, 0.15) is 61.4 Å². The van der Waals surface area contributed by atoms with Crippen LogP contribution in [0.25, 0.3) is 0 Å². The first-order valence-electron chi connectivity index (χ1n) is 8.59. The van der Waals surface area contributed by atoms with Crippen LogP contribution in [0.15, 0.2) is 24.3 Å². The molecule has 0 bridgehead atoms. The molecule has 0 radical (unpaired) electrons. The predicted octanol–water partition coefficient (Wildman–Crippen LogP) is 3.74. The third kappa shape index (κ3) is 4.57. The highest BCUT2D eigenvalue weighted by molar-refractivity contribution is 5.89. The summed E-state index contributed by atoms with van der Waals surface area (Å²) in [4.78, 5) is 25.5. The van der Waals surface area contributed by atoms with Gasteiger partial charge in [0, 0.05) is 19.5 Å². The van der Waals surface area contributed by atoms with Crippen molar-refractivity contribution in [3.05, 3.63) is 35.4 Å². The number of hydrogen-bond acceptors (Lipinski definition) is 2. The number of carboxylic acid groups (broad SMARTS) is 1. The Bertz CT molecular complexity index is 547. The summed E-state index contributed by atoms with van der Waals surface area (Å²) >= 11 is 0. The van der Waals surface area contributed by atoms with Crippen LogP contribution in [-0.4, -0.2) is 35.0 Å². The molecule has 1 amide bonds. The Labute approximate surface area is 138 Å². The van der Waals surface area contributed by atoms with Crippen molar-refractivity contribution < 1.29 is 14.7 Å². The SMILES string of the molecule is CCC1CCC(N(C)C(=O)CCc2ccccc2C(=O)O)CC1. The monoisotopic (exact) mass is 317 g/mol. The number of carbonyl (C=O) groups excluding carboxylic acids is 1. The minimum atomic E-state index is -0.931. The molecular formula is C19H27NO3. The average Bonchev–Trinajstić information content (AvgIpc) is 2.59. The number of nitrogens with zero attached hydrogens (tertiary/aromatic N) is 1. The molecule has 0 saturated heterocycles. The maximum Gasteiger partial charge on any atom is 0.335 e. The van der Waals surface area contributed by atoms with Gasteiger partial charge in [-0.2, -0.15) is 0 Å². The maximum atomic E-state index is 12.4. The zero-order valence-corrected chi connectivity index (χ0v) is 14.1. The van der Waals surface area contributed by atoms with Crippen molar-refractivity contribution in [2.75, 3.05) is 7.05 Å². The summed E-state index contributed by atoms with van der Waals surface area (Å²) in [7, 11) is 1.89. The number of aryl methyl sites for hydroxylation is 1. The van der Waals surface area contributed by atoms with E-state index in [0.29, 0.717) is 24.4 Å². The third-order valence-electron chi connectivity index (χ3n) is 5.19. The Morgan fingerprint density at radius 3 is 2.43 bits per heavy atom. The van der Waals surface area contributed by atoms with Crippen LogP contribution < -0.4 is 0 Å². The minimum Gasteiger partial charge on any atom is -0.478 e. The fourth-order valence-corrected chi connectivity index (χ4v) is 3.51. The molecule has 0 atom stereocenters. The van der Waals surface area contributed by atoms with Gasteiger partial charge >= 0.3 is 5.97 Å². The molecule has 1 N–H and O–H groups in total. The van der Waals surface area contributed by atoms with Crippen LogP contribution in [0.5, 0.6) is 0 Å². The zero-order valence-electron chi connectivity index (χ0n) is 14.1. The molecule has 126 valence electrons. The number of hydrogen-bond donors (Lipinski definition) is 1. The van der Waals surface area contributed by atoms with E-state index in [9.17, 15) is 14.7 Å². The van der Waals surface area contributed by atoms with Gasteiger partial charge in [-0.25, -0.2) is 4.79 Å². The number of benzene rings is 1. The van der Waals surface area contributed by atoms with Crippen LogP contribution in [0.3, 0.4) is 0 Å².